The molecule has 0 heterocycles. The standard InChI is InChI=1S/C10H9F3N2O/c1-16-9-3-8(10(11,12)13)6(4-14)2-7(9)5-15/h2-3H,5,15H2,1H3. The molecule has 0 aromatic heterocycles. The predicted molar refractivity (Wildman–Crippen MR) is 50.6 cm³/mol. The molecule has 0 radical (unpaired) electrons. The highest BCUT2D eigenvalue weighted by molar-refractivity contribution is 5.49. The minimum Gasteiger partial charge on any atom is -0.496 e. The first kappa shape index (κ1) is 12.3. The highest BCUT2D eigenvalue weighted by atomic mass is 19.4. The van der Waals surface area contributed by atoms with Gasteiger partial charge in [-0.3, -0.25) is 0 Å². The van der Waals surface area contributed by atoms with Gasteiger partial charge in [-0.25, -0.2) is 0 Å². The van der Waals surface area contributed by atoms with Crippen molar-refractivity contribution >= 4 is 0 Å². The summed E-state index contributed by atoms with van der Waals surface area (Å²) >= 11 is 0. The maximum absolute atomic E-state index is 12.5. The van der Waals surface area contributed by atoms with Crippen LogP contribution in [0, 0.1) is 11.3 Å². The lowest BCUT2D eigenvalue weighted by Crippen LogP contribution is -2.10. The molecule has 0 aliphatic rings. The summed E-state index contributed by atoms with van der Waals surface area (Å²) in [7, 11) is 1.25. The van der Waals surface area contributed by atoms with Crippen LogP contribution in [0.2, 0.25) is 0 Å². The van der Waals surface area contributed by atoms with Crippen molar-refractivity contribution in [1.82, 2.24) is 0 Å². The van der Waals surface area contributed by atoms with Gasteiger partial charge >= 0.3 is 6.18 Å². The third kappa shape index (κ3) is 2.25. The van der Waals surface area contributed by atoms with Crippen LogP contribution >= 0.6 is 0 Å². The Bertz CT molecular complexity index is 435. The van der Waals surface area contributed by atoms with Gasteiger partial charge in [0.05, 0.1) is 24.3 Å². The molecule has 0 saturated carbocycles. The molecule has 2 N–H and O–H groups in total. The molecule has 1 aromatic rings. The topological polar surface area (TPSA) is 59.0 Å². The van der Waals surface area contributed by atoms with Crippen molar-refractivity contribution in [3.8, 4) is 11.8 Å². The first-order valence-electron chi connectivity index (χ1n) is 4.32. The van der Waals surface area contributed by atoms with Gasteiger partial charge in [0, 0.05) is 12.1 Å². The van der Waals surface area contributed by atoms with Gasteiger partial charge in [0.1, 0.15) is 5.75 Å². The lowest BCUT2D eigenvalue weighted by atomic mass is 10.0. The second kappa shape index (κ2) is 4.41. The molecular weight excluding hydrogens is 221 g/mol. The summed E-state index contributed by atoms with van der Waals surface area (Å²) in [5, 5.41) is 8.63. The van der Waals surface area contributed by atoms with Gasteiger partial charge in [-0.2, -0.15) is 18.4 Å². The molecule has 0 aliphatic heterocycles. The van der Waals surface area contributed by atoms with Crippen molar-refractivity contribution in [3.63, 3.8) is 0 Å². The molecular formula is C10H9F3N2O. The number of nitriles is 1. The van der Waals surface area contributed by atoms with Crippen molar-refractivity contribution in [3.05, 3.63) is 28.8 Å². The SMILES string of the molecule is COc1cc(C(F)(F)F)c(C#N)cc1CN. The first-order chi connectivity index (χ1) is 7.43. The van der Waals surface area contributed by atoms with Crippen LogP contribution in [0.25, 0.3) is 0 Å². The summed E-state index contributed by atoms with van der Waals surface area (Å²) < 4.78 is 42.4. The maximum atomic E-state index is 12.5. The van der Waals surface area contributed by atoms with Crippen LogP contribution in [-0.2, 0) is 12.7 Å². The molecule has 0 fully saturated rings. The van der Waals surface area contributed by atoms with Crippen LogP contribution in [0.5, 0.6) is 5.75 Å². The number of nitrogens with two attached hydrogens (primary N) is 1. The average molecular weight is 230 g/mol. The number of methoxy groups -OCH3 is 1. The Morgan fingerprint density at radius 2 is 2.06 bits per heavy atom. The number of hydrogen-bond acceptors (Lipinski definition) is 3. The summed E-state index contributed by atoms with van der Waals surface area (Å²) in [5.74, 6) is 0.0359. The molecule has 86 valence electrons. The van der Waals surface area contributed by atoms with E-state index in [4.69, 9.17) is 15.7 Å². The van der Waals surface area contributed by atoms with E-state index in [1.165, 1.54) is 13.2 Å². The van der Waals surface area contributed by atoms with Crippen LogP contribution in [0.3, 0.4) is 0 Å². The maximum Gasteiger partial charge on any atom is 0.417 e. The zero-order chi connectivity index (χ0) is 12.3. The highest BCUT2D eigenvalue weighted by Gasteiger charge is 2.34. The van der Waals surface area contributed by atoms with Crippen LogP contribution in [0.1, 0.15) is 16.7 Å². The summed E-state index contributed by atoms with van der Waals surface area (Å²) in [4.78, 5) is 0. The van der Waals surface area contributed by atoms with Gasteiger partial charge in [-0.15, -0.1) is 0 Å². The van der Waals surface area contributed by atoms with Gasteiger partial charge in [0.2, 0.25) is 0 Å². The van der Waals surface area contributed by atoms with Crippen LogP contribution < -0.4 is 10.5 Å². The zero-order valence-corrected chi connectivity index (χ0v) is 8.43. The second-order valence-corrected chi connectivity index (χ2v) is 3.02. The van der Waals surface area contributed by atoms with Crippen LogP contribution in [0.4, 0.5) is 13.2 Å². The molecule has 1 rings (SSSR count). The van der Waals surface area contributed by atoms with E-state index in [0.717, 1.165) is 12.1 Å². The normalized spacial score (nSPS) is 11.0. The Hall–Kier alpha value is -1.74. The summed E-state index contributed by atoms with van der Waals surface area (Å²) in [5.41, 5.74) is 4.25. The van der Waals surface area contributed by atoms with Gasteiger partial charge < -0.3 is 10.5 Å². The van der Waals surface area contributed by atoms with Crippen molar-refractivity contribution < 1.29 is 17.9 Å². The van der Waals surface area contributed by atoms with E-state index in [1.807, 2.05) is 0 Å². The summed E-state index contributed by atoms with van der Waals surface area (Å²) in [6, 6.07) is 3.39. The molecule has 0 atom stereocenters. The Balaban J connectivity index is 3.45. The smallest absolute Gasteiger partial charge is 0.417 e. The van der Waals surface area contributed by atoms with E-state index in [0.29, 0.717) is 5.56 Å². The van der Waals surface area contributed by atoms with Gasteiger partial charge in [0.25, 0.3) is 0 Å². The number of ether oxygens (including phenoxy) is 1. The quantitative estimate of drug-likeness (QED) is 0.845. The molecule has 0 aliphatic carbocycles. The number of rotatable bonds is 2. The van der Waals surface area contributed by atoms with Gasteiger partial charge in [0.15, 0.2) is 0 Å². The van der Waals surface area contributed by atoms with Crippen molar-refractivity contribution in [2.24, 2.45) is 5.73 Å². The summed E-state index contributed by atoms with van der Waals surface area (Å²) in [6.45, 7) is 0.00991. The lowest BCUT2D eigenvalue weighted by Gasteiger charge is -2.13. The molecule has 16 heavy (non-hydrogen) atoms. The molecule has 0 unspecified atom stereocenters. The Morgan fingerprint density at radius 1 is 1.44 bits per heavy atom. The van der Waals surface area contributed by atoms with Crippen molar-refractivity contribution in [1.29, 1.82) is 5.26 Å². The largest absolute Gasteiger partial charge is 0.496 e. The molecule has 6 heteroatoms. The van der Waals surface area contributed by atoms with E-state index in [-0.39, 0.29) is 12.3 Å². The van der Waals surface area contributed by atoms with E-state index in [1.54, 1.807) is 0 Å². The minimum atomic E-state index is -4.58. The zero-order valence-electron chi connectivity index (χ0n) is 8.43. The molecule has 3 nitrogen and oxygen atoms in total. The van der Waals surface area contributed by atoms with Gasteiger partial charge in [-0.1, -0.05) is 0 Å². The fourth-order valence-corrected chi connectivity index (χ4v) is 1.30. The Morgan fingerprint density at radius 3 is 2.44 bits per heavy atom. The highest BCUT2D eigenvalue weighted by Crippen LogP contribution is 2.35. The molecule has 0 amide bonds. The van der Waals surface area contributed by atoms with E-state index >= 15 is 0 Å². The number of halogens is 3. The van der Waals surface area contributed by atoms with E-state index in [9.17, 15) is 13.2 Å². The number of benzene rings is 1. The minimum absolute atomic E-state index is 0.00991. The Labute approximate surface area is 90.2 Å². The fourth-order valence-electron chi connectivity index (χ4n) is 1.30. The molecule has 0 saturated heterocycles. The number of alkyl halides is 3. The molecule has 0 bridgehead atoms. The molecule has 1 aromatic carbocycles. The third-order valence-electron chi connectivity index (χ3n) is 2.07. The number of nitrogens with zero attached hydrogens (tertiary/aromatic N) is 1. The summed E-state index contributed by atoms with van der Waals surface area (Å²) in [6.07, 6.45) is -4.58. The second-order valence-electron chi connectivity index (χ2n) is 3.02. The number of hydrogen-bond donors (Lipinski definition) is 1. The molecule has 0 spiro atoms. The van der Waals surface area contributed by atoms with Crippen molar-refractivity contribution in [2.75, 3.05) is 7.11 Å². The average Bonchev–Trinajstić information content (AvgIpc) is 2.25. The lowest BCUT2D eigenvalue weighted by molar-refractivity contribution is -0.137. The Kier molecular flexibility index (Phi) is 3.40. The monoisotopic (exact) mass is 230 g/mol. The first-order valence-corrected chi connectivity index (χ1v) is 4.32. The van der Waals surface area contributed by atoms with Crippen LogP contribution in [0.15, 0.2) is 12.1 Å². The van der Waals surface area contributed by atoms with E-state index in [2.05, 4.69) is 0 Å². The van der Waals surface area contributed by atoms with Crippen LogP contribution in [-0.4, -0.2) is 7.11 Å². The third-order valence-corrected chi connectivity index (χ3v) is 2.07. The van der Waals surface area contributed by atoms with Crippen molar-refractivity contribution in [2.45, 2.75) is 12.7 Å². The van der Waals surface area contributed by atoms with E-state index < -0.39 is 17.3 Å². The van der Waals surface area contributed by atoms with Gasteiger partial charge in [-0.05, 0) is 12.1 Å². The fraction of sp³-hybridized carbons (Fsp3) is 0.300. The predicted octanol–water partition coefficient (Wildman–Crippen LogP) is 2.04.